The zero-order chi connectivity index (χ0) is 13.0. The van der Waals surface area contributed by atoms with E-state index in [0.29, 0.717) is 10.6 Å². The van der Waals surface area contributed by atoms with Crippen LogP contribution in [0, 0.1) is 5.82 Å². The van der Waals surface area contributed by atoms with Crippen molar-refractivity contribution in [3.63, 3.8) is 0 Å². The highest BCUT2D eigenvalue weighted by Gasteiger charge is 2.03. The van der Waals surface area contributed by atoms with Crippen molar-refractivity contribution in [2.24, 2.45) is 0 Å². The van der Waals surface area contributed by atoms with Gasteiger partial charge < -0.3 is 4.74 Å². The Morgan fingerprint density at radius 3 is 2.50 bits per heavy atom. The van der Waals surface area contributed by atoms with E-state index in [2.05, 4.69) is 15.9 Å². The second-order valence-electron chi connectivity index (χ2n) is 3.80. The van der Waals surface area contributed by atoms with Crippen molar-refractivity contribution in [2.75, 3.05) is 0 Å². The lowest BCUT2D eigenvalue weighted by Gasteiger charge is -2.08. The average molecular weight is 330 g/mol. The number of benzene rings is 2. The Balaban J connectivity index is 2.04. The molecule has 0 amide bonds. The molecule has 0 aliphatic heterocycles. The second-order valence-corrected chi connectivity index (χ2v) is 4.77. The van der Waals surface area contributed by atoms with E-state index in [-0.39, 0.29) is 12.4 Å². The molecule has 0 fully saturated rings. The van der Waals surface area contributed by atoms with Gasteiger partial charge in [-0.05, 0) is 35.9 Å². The number of alkyl halides is 1. The minimum atomic E-state index is -0.312. The standard InChI is InChI=1S/C14H11BrClFO/c15-8-10-1-4-13(5-2-10)18-9-11-7-12(17)3-6-14(11)16/h1-7H,8-9H2. The fraction of sp³-hybridized carbons (Fsp3) is 0.143. The predicted molar refractivity (Wildman–Crippen MR) is 74.8 cm³/mol. The molecule has 4 heteroatoms. The van der Waals surface area contributed by atoms with Crippen LogP contribution in [0.4, 0.5) is 4.39 Å². The lowest BCUT2D eigenvalue weighted by molar-refractivity contribution is 0.305. The minimum absolute atomic E-state index is 0.254. The Bertz CT molecular complexity index is 528. The van der Waals surface area contributed by atoms with Crippen molar-refractivity contribution < 1.29 is 9.13 Å². The first-order valence-electron chi connectivity index (χ1n) is 5.40. The Labute approximate surface area is 119 Å². The second kappa shape index (κ2) is 6.21. The molecule has 94 valence electrons. The van der Waals surface area contributed by atoms with Gasteiger partial charge in [-0.1, -0.05) is 39.7 Å². The number of ether oxygens (including phenoxy) is 1. The molecular weight excluding hydrogens is 319 g/mol. The summed E-state index contributed by atoms with van der Waals surface area (Å²) in [5.74, 6) is 0.424. The maximum atomic E-state index is 13.1. The van der Waals surface area contributed by atoms with E-state index in [0.717, 1.165) is 11.1 Å². The van der Waals surface area contributed by atoms with E-state index < -0.39 is 0 Å². The van der Waals surface area contributed by atoms with Crippen LogP contribution in [0.25, 0.3) is 0 Å². The number of hydrogen-bond donors (Lipinski definition) is 0. The Morgan fingerprint density at radius 2 is 1.83 bits per heavy atom. The Hall–Kier alpha value is -1.06. The molecule has 2 aromatic rings. The summed E-state index contributed by atoms with van der Waals surface area (Å²) in [5.41, 5.74) is 1.81. The van der Waals surface area contributed by atoms with Gasteiger partial charge in [0.15, 0.2) is 0 Å². The summed E-state index contributed by atoms with van der Waals surface area (Å²) in [4.78, 5) is 0. The van der Waals surface area contributed by atoms with Crippen molar-refractivity contribution >= 4 is 27.5 Å². The molecule has 1 nitrogen and oxygen atoms in total. The molecule has 0 radical (unpaired) electrons. The summed E-state index contributed by atoms with van der Waals surface area (Å²) < 4.78 is 18.6. The van der Waals surface area contributed by atoms with Crippen molar-refractivity contribution in [1.29, 1.82) is 0 Å². The van der Waals surface area contributed by atoms with E-state index in [1.165, 1.54) is 23.8 Å². The van der Waals surface area contributed by atoms with Crippen molar-refractivity contribution in [1.82, 2.24) is 0 Å². The molecule has 0 aliphatic carbocycles. The summed E-state index contributed by atoms with van der Waals surface area (Å²) in [6.07, 6.45) is 0. The van der Waals surface area contributed by atoms with Gasteiger partial charge in [-0.3, -0.25) is 0 Å². The zero-order valence-electron chi connectivity index (χ0n) is 9.50. The van der Waals surface area contributed by atoms with E-state index in [1.807, 2.05) is 24.3 Å². The third kappa shape index (κ3) is 3.47. The normalized spacial score (nSPS) is 10.4. The Kier molecular flexibility index (Phi) is 4.61. The van der Waals surface area contributed by atoms with Crippen LogP contribution in [0.15, 0.2) is 42.5 Å². The van der Waals surface area contributed by atoms with Crippen LogP contribution < -0.4 is 4.74 Å². The molecule has 2 aromatic carbocycles. The molecule has 0 unspecified atom stereocenters. The first-order valence-corrected chi connectivity index (χ1v) is 6.90. The first kappa shape index (κ1) is 13.4. The molecule has 0 N–H and O–H groups in total. The smallest absolute Gasteiger partial charge is 0.123 e. The molecule has 0 aromatic heterocycles. The van der Waals surface area contributed by atoms with Crippen LogP contribution >= 0.6 is 27.5 Å². The summed E-state index contributed by atoms with van der Waals surface area (Å²) in [7, 11) is 0. The summed E-state index contributed by atoms with van der Waals surface area (Å²) in [6.45, 7) is 0.254. The fourth-order valence-electron chi connectivity index (χ4n) is 1.49. The highest BCUT2D eigenvalue weighted by Crippen LogP contribution is 2.20. The third-order valence-corrected chi connectivity index (χ3v) is 3.50. The zero-order valence-corrected chi connectivity index (χ0v) is 11.8. The van der Waals surface area contributed by atoms with Crippen molar-refractivity contribution in [2.45, 2.75) is 11.9 Å². The van der Waals surface area contributed by atoms with Crippen molar-refractivity contribution in [3.05, 3.63) is 64.4 Å². The molecule has 0 aliphatic rings. The predicted octanol–water partition coefficient (Wildman–Crippen LogP) is 4.95. The fourth-order valence-corrected chi connectivity index (χ4v) is 2.04. The maximum Gasteiger partial charge on any atom is 0.123 e. The van der Waals surface area contributed by atoms with Crippen molar-refractivity contribution in [3.8, 4) is 5.75 Å². The number of halogens is 3. The van der Waals surface area contributed by atoms with Crippen LogP contribution in [0.1, 0.15) is 11.1 Å². The highest BCUT2D eigenvalue weighted by molar-refractivity contribution is 9.08. The maximum absolute atomic E-state index is 13.1. The number of hydrogen-bond acceptors (Lipinski definition) is 1. The summed E-state index contributed by atoms with van der Waals surface area (Å²) >= 11 is 9.33. The van der Waals surface area contributed by atoms with Crippen LogP contribution in [0.3, 0.4) is 0 Å². The first-order chi connectivity index (χ1) is 8.69. The largest absolute Gasteiger partial charge is 0.489 e. The molecular formula is C14H11BrClFO. The molecule has 0 saturated heterocycles. The quantitative estimate of drug-likeness (QED) is 0.721. The van der Waals surface area contributed by atoms with E-state index >= 15 is 0 Å². The third-order valence-electron chi connectivity index (χ3n) is 2.48. The molecule has 0 saturated carbocycles. The SMILES string of the molecule is Fc1ccc(Cl)c(COc2ccc(CBr)cc2)c1. The molecule has 0 spiro atoms. The van der Waals surface area contributed by atoms with Gasteiger partial charge in [-0.25, -0.2) is 4.39 Å². The van der Waals surface area contributed by atoms with Gasteiger partial charge in [0.25, 0.3) is 0 Å². The molecule has 0 heterocycles. The molecule has 18 heavy (non-hydrogen) atoms. The van der Waals surface area contributed by atoms with Crippen LogP contribution in [0.5, 0.6) is 5.75 Å². The van der Waals surface area contributed by atoms with Gasteiger partial charge in [0.05, 0.1) is 0 Å². The van der Waals surface area contributed by atoms with Crippen LogP contribution in [-0.4, -0.2) is 0 Å². The number of rotatable bonds is 4. The topological polar surface area (TPSA) is 9.23 Å². The van der Waals surface area contributed by atoms with E-state index in [4.69, 9.17) is 16.3 Å². The van der Waals surface area contributed by atoms with E-state index in [1.54, 1.807) is 0 Å². The van der Waals surface area contributed by atoms with Gasteiger partial charge in [-0.15, -0.1) is 0 Å². The summed E-state index contributed by atoms with van der Waals surface area (Å²) in [6, 6.07) is 11.9. The van der Waals surface area contributed by atoms with Crippen LogP contribution in [-0.2, 0) is 11.9 Å². The Morgan fingerprint density at radius 1 is 1.11 bits per heavy atom. The monoisotopic (exact) mass is 328 g/mol. The van der Waals surface area contributed by atoms with Gasteiger partial charge in [-0.2, -0.15) is 0 Å². The minimum Gasteiger partial charge on any atom is -0.489 e. The highest BCUT2D eigenvalue weighted by atomic mass is 79.9. The van der Waals surface area contributed by atoms with Gasteiger partial charge in [0.1, 0.15) is 18.2 Å². The molecule has 0 atom stereocenters. The molecule has 0 bridgehead atoms. The van der Waals surface area contributed by atoms with Crippen LogP contribution in [0.2, 0.25) is 5.02 Å². The van der Waals surface area contributed by atoms with Gasteiger partial charge in [0.2, 0.25) is 0 Å². The molecule has 2 rings (SSSR count). The summed E-state index contributed by atoms with van der Waals surface area (Å²) in [5, 5.41) is 1.32. The van der Waals surface area contributed by atoms with E-state index in [9.17, 15) is 4.39 Å². The average Bonchev–Trinajstić information content (AvgIpc) is 2.40. The van der Waals surface area contributed by atoms with Gasteiger partial charge >= 0.3 is 0 Å². The lowest BCUT2D eigenvalue weighted by atomic mass is 10.2. The lowest BCUT2D eigenvalue weighted by Crippen LogP contribution is -1.97. The van der Waals surface area contributed by atoms with Gasteiger partial charge in [0, 0.05) is 15.9 Å².